The van der Waals surface area contributed by atoms with E-state index in [0.717, 1.165) is 17.7 Å². The first-order valence-electron chi connectivity index (χ1n) is 6.78. The van der Waals surface area contributed by atoms with Crippen LogP contribution in [0.3, 0.4) is 0 Å². The molecular formula is C15H16N4O2. The van der Waals surface area contributed by atoms with Gasteiger partial charge < -0.3 is 15.4 Å². The SMILES string of the molecule is CNc1cc(Oc2ccc3c(c2)CCC(=O)N3)nc(C)n1. The van der Waals surface area contributed by atoms with Gasteiger partial charge in [0.25, 0.3) is 0 Å². The van der Waals surface area contributed by atoms with Gasteiger partial charge in [0.05, 0.1) is 0 Å². The molecule has 0 radical (unpaired) electrons. The quantitative estimate of drug-likeness (QED) is 0.905. The lowest BCUT2D eigenvalue weighted by Crippen LogP contribution is -2.18. The third-order valence-corrected chi connectivity index (χ3v) is 3.27. The molecule has 0 unspecified atom stereocenters. The van der Waals surface area contributed by atoms with E-state index in [0.29, 0.717) is 29.7 Å². The molecule has 0 saturated heterocycles. The first kappa shape index (κ1) is 13.4. The molecule has 1 amide bonds. The van der Waals surface area contributed by atoms with Crippen molar-refractivity contribution in [3.05, 3.63) is 35.7 Å². The number of aromatic nitrogens is 2. The van der Waals surface area contributed by atoms with Crippen LogP contribution in [-0.2, 0) is 11.2 Å². The van der Waals surface area contributed by atoms with Crippen LogP contribution in [0.15, 0.2) is 24.3 Å². The summed E-state index contributed by atoms with van der Waals surface area (Å²) in [5.74, 6) is 2.60. The number of carbonyl (C=O) groups is 1. The highest BCUT2D eigenvalue weighted by Crippen LogP contribution is 2.29. The molecule has 0 fully saturated rings. The number of carbonyl (C=O) groups excluding carboxylic acids is 1. The van der Waals surface area contributed by atoms with Gasteiger partial charge in [0, 0.05) is 25.2 Å². The Bertz CT molecular complexity index is 700. The van der Waals surface area contributed by atoms with E-state index in [1.165, 1.54) is 0 Å². The Morgan fingerprint density at radius 2 is 2.10 bits per heavy atom. The van der Waals surface area contributed by atoms with E-state index >= 15 is 0 Å². The molecule has 108 valence electrons. The summed E-state index contributed by atoms with van der Waals surface area (Å²) in [5.41, 5.74) is 1.93. The molecule has 1 aliphatic heterocycles. The van der Waals surface area contributed by atoms with Gasteiger partial charge in [0.1, 0.15) is 17.4 Å². The zero-order valence-corrected chi connectivity index (χ0v) is 11.9. The van der Waals surface area contributed by atoms with E-state index in [-0.39, 0.29) is 5.91 Å². The van der Waals surface area contributed by atoms with E-state index in [9.17, 15) is 4.79 Å². The zero-order valence-electron chi connectivity index (χ0n) is 11.9. The summed E-state index contributed by atoms with van der Waals surface area (Å²) in [6.07, 6.45) is 1.23. The number of nitrogens with one attached hydrogen (secondary N) is 2. The predicted molar refractivity (Wildman–Crippen MR) is 79.8 cm³/mol. The molecule has 0 atom stereocenters. The second-order valence-corrected chi connectivity index (χ2v) is 4.86. The Morgan fingerprint density at radius 3 is 2.90 bits per heavy atom. The topological polar surface area (TPSA) is 76.1 Å². The lowest BCUT2D eigenvalue weighted by molar-refractivity contribution is -0.116. The molecule has 0 bridgehead atoms. The fourth-order valence-electron chi connectivity index (χ4n) is 2.26. The van der Waals surface area contributed by atoms with Crippen molar-refractivity contribution in [3.63, 3.8) is 0 Å². The minimum absolute atomic E-state index is 0.0567. The van der Waals surface area contributed by atoms with Crippen molar-refractivity contribution in [1.29, 1.82) is 0 Å². The fraction of sp³-hybridized carbons (Fsp3) is 0.267. The van der Waals surface area contributed by atoms with E-state index in [4.69, 9.17) is 4.74 Å². The molecule has 2 aromatic rings. The summed E-state index contributed by atoms with van der Waals surface area (Å²) in [6.45, 7) is 1.82. The fourth-order valence-corrected chi connectivity index (χ4v) is 2.26. The standard InChI is InChI=1S/C15H16N4O2/c1-9-17-13(16-2)8-15(18-9)21-11-4-5-12-10(7-11)3-6-14(20)19-12/h4-5,7-8H,3,6H2,1-2H3,(H,19,20)(H,16,17,18). The Labute approximate surface area is 122 Å². The van der Waals surface area contributed by atoms with Crippen molar-refractivity contribution in [2.75, 3.05) is 17.7 Å². The molecule has 1 aromatic carbocycles. The molecule has 0 spiro atoms. The lowest BCUT2D eigenvalue weighted by atomic mass is 10.0. The Balaban J connectivity index is 1.85. The molecule has 2 heterocycles. The van der Waals surface area contributed by atoms with Gasteiger partial charge in [-0.2, -0.15) is 4.98 Å². The Hall–Kier alpha value is -2.63. The van der Waals surface area contributed by atoms with E-state index in [2.05, 4.69) is 20.6 Å². The molecule has 0 aliphatic carbocycles. The van der Waals surface area contributed by atoms with Gasteiger partial charge >= 0.3 is 0 Å². The van der Waals surface area contributed by atoms with Crippen LogP contribution in [0.4, 0.5) is 11.5 Å². The highest BCUT2D eigenvalue weighted by molar-refractivity contribution is 5.94. The van der Waals surface area contributed by atoms with Gasteiger partial charge in [-0.25, -0.2) is 4.98 Å². The summed E-state index contributed by atoms with van der Waals surface area (Å²) in [5, 5.41) is 5.82. The summed E-state index contributed by atoms with van der Waals surface area (Å²) in [4.78, 5) is 19.8. The van der Waals surface area contributed by atoms with Crippen molar-refractivity contribution in [2.45, 2.75) is 19.8 Å². The average Bonchev–Trinajstić information content (AvgIpc) is 2.47. The van der Waals surface area contributed by atoms with E-state index in [1.54, 1.807) is 13.1 Å². The third-order valence-electron chi connectivity index (χ3n) is 3.27. The second kappa shape index (κ2) is 5.40. The summed E-state index contributed by atoms with van der Waals surface area (Å²) in [6, 6.07) is 7.36. The molecule has 6 nitrogen and oxygen atoms in total. The maximum atomic E-state index is 11.3. The number of amides is 1. The monoisotopic (exact) mass is 284 g/mol. The average molecular weight is 284 g/mol. The molecule has 1 aliphatic rings. The number of anilines is 2. The van der Waals surface area contributed by atoms with E-state index in [1.807, 2.05) is 25.1 Å². The maximum absolute atomic E-state index is 11.3. The van der Waals surface area contributed by atoms with Crippen molar-refractivity contribution < 1.29 is 9.53 Å². The van der Waals surface area contributed by atoms with Crippen LogP contribution in [0.2, 0.25) is 0 Å². The Kier molecular flexibility index (Phi) is 3.43. The van der Waals surface area contributed by atoms with Gasteiger partial charge in [-0.05, 0) is 37.1 Å². The molecule has 0 saturated carbocycles. The van der Waals surface area contributed by atoms with Gasteiger partial charge in [0.15, 0.2) is 0 Å². The number of nitrogens with zero attached hydrogens (tertiary/aromatic N) is 2. The molecule has 21 heavy (non-hydrogen) atoms. The number of hydrogen-bond donors (Lipinski definition) is 2. The predicted octanol–water partition coefficient (Wildman–Crippen LogP) is 2.50. The first-order chi connectivity index (χ1) is 10.1. The third kappa shape index (κ3) is 2.94. The lowest BCUT2D eigenvalue weighted by Gasteiger charge is -2.17. The van der Waals surface area contributed by atoms with Crippen molar-refractivity contribution in [1.82, 2.24) is 9.97 Å². The smallest absolute Gasteiger partial charge is 0.224 e. The van der Waals surface area contributed by atoms with Crippen LogP contribution >= 0.6 is 0 Å². The van der Waals surface area contributed by atoms with Crippen molar-refractivity contribution in [2.24, 2.45) is 0 Å². The molecule has 6 heteroatoms. The van der Waals surface area contributed by atoms with Gasteiger partial charge in [-0.15, -0.1) is 0 Å². The second-order valence-electron chi connectivity index (χ2n) is 4.86. The summed E-state index contributed by atoms with van der Waals surface area (Å²) < 4.78 is 5.79. The van der Waals surface area contributed by atoms with Crippen LogP contribution in [-0.4, -0.2) is 22.9 Å². The highest BCUT2D eigenvalue weighted by atomic mass is 16.5. The van der Waals surface area contributed by atoms with Crippen molar-refractivity contribution in [3.8, 4) is 11.6 Å². The Morgan fingerprint density at radius 1 is 1.24 bits per heavy atom. The minimum atomic E-state index is 0.0567. The first-order valence-corrected chi connectivity index (χ1v) is 6.78. The minimum Gasteiger partial charge on any atom is -0.439 e. The van der Waals surface area contributed by atoms with Crippen molar-refractivity contribution >= 4 is 17.4 Å². The number of hydrogen-bond acceptors (Lipinski definition) is 5. The number of fused-ring (bicyclic) bond motifs is 1. The number of rotatable bonds is 3. The van der Waals surface area contributed by atoms with E-state index < -0.39 is 0 Å². The van der Waals surface area contributed by atoms with Gasteiger partial charge in [0.2, 0.25) is 11.8 Å². The molecule has 2 N–H and O–H groups in total. The van der Waals surface area contributed by atoms with Gasteiger partial charge in [-0.3, -0.25) is 4.79 Å². The van der Waals surface area contributed by atoms with Crippen LogP contribution in [0.25, 0.3) is 0 Å². The van der Waals surface area contributed by atoms with Crippen LogP contribution in [0.1, 0.15) is 17.8 Å². The maximum Gasteiger partial charge on any atom is 0.224 e. The molecular weight excluding hydrogens is 268 g/mol. The normalized spacial score (nSPS) is 13.3. The van der Waals surface area contributed by atoms with Gasteiger partial charge in [-0.1, -0.05) is 0 Å². The molecule has 3 rings (SSSR count). The van der Waals surface area contributed by atoms with Crippen LogP contribution < -0.4 is 15.4 Å². The summed E-state index contributed by atoms with van der Waals surface area (Å²) in [7, 11) is 1.80. The van der Waals surface area contributed by atoms with Crippen LogP contribution in [0, 0.1) is 6.92 Å². The number of ether oxygens (including phenoxy) is 1. The summed E-state index contributed by atoms with van der Waals surface area (Å²) >= 11 is 0. The molecule has 1 aromatic heterocycles. The number of aryl methyl sites for hydroxylation is 2. The largest absolute Gasteiger partial charge is 0.439 e. The highest BCUT2D eigenvalue weighted by Gasteiger charge is 2.15. The number of benzene rings is 1. The zero-order chi connectivity index (χ0) is 14.8. The van der Waals surface area contributed by atoms with Crippen LogP contribution in [0.5, 0.6) is 11.6 Å².